The molecule has 0 radical (unpaired) electrons. The van der Waals surface area contributed by atoms with E-state index in [1.165, 1.54) is 4.90 Å². The zero-order chi connectivity index (χ0) is 17.9. The molecule has 2 aromatic carbocycles. The van der Waals surface area contributed by atoms with Crippen molar-refractivity contribution in [3.8, 4) is 11.5 Å². The zero-order valence-electron chi connectivity index (χ0n) is 15.2. The maximum Gasteiger partial charge on any atom is 0.161 e. The van der Waals surface area contributed by atoms with Crippen molar-refractivity contribution in [3.05, 3.63) is 65.4 Å². The summed E-state index contributed by atoms with van der Waals surface area (Å²) in [6, 6.07) is 16.1. The van der Waals surface area contributed by atoms with E-state index in [-0.39, 0.29) is 6.10 Å². The van der Waals surface area contributed by atoms with E-state index in [4.69, 9.17) is 9.47 Å². The van der Waals surface area contributed by atoms with Gasteiger partial charge in [-0.3, -0.25) is 0 Å². The molecule has 3 saturated heterocycles. The van der Waals surface area contributed by atoms with E-state index in [0.29, 0.717) is 12.5 Å². The number of methoxy groups -OCH3 is 1. The van der Waals surface area contributed by atoms with Crippen LogP contribution in [0.5, 0.6) is 11.5 Å². The second-order valence-corrected chi connectivity index (χ2v) is 7.17. The molecule has 0 saturated carbocycles. The van der Waals surface area contributed by atoms with Crippen molar-refractivity contribution >= 4 is 6.08 Å². The van der Waals surface area contributed by atoms with Gasteiger partial charge in [0.05, 0.1) is 20.2 Å². The third-order valence-corrected chi connectivity index (χ3v) is 5.55. The topological polar surface area (TPSA) is 43.1 Å². The summed E-state index contributed by atoms with van der Waals surface area (Å²) in [4.78, 5) is 1.42. The predicted octanol–water partition coefficient (Wildman–Crippen LogP) is 2.28. The highest BCUT2D eigenvalue weighted by atomic mass is 16.5. The molecule has 26 heavy (non-hydrogen) atoms. The van der Waals surface area contributed by atoms with Crippen LogP contribution in [0.2, 0.25) is 0 Å². The number of hydrogen-bond acceptors (Lipinski definition) is 3. The molecule has 3 fully saturated rings. The Morgan fingerprint density at radius 2 is 1.85 bits per heavy atom. The third-order valence-electron chi connectivity index (χ3n) is 5.55. The fourth-order valence-electron chi connectivity index (χ4n) is 4.05. The summed E-state index contributed by atoms with van der Waals surface area (Å²) in [6.45, 7) is 2.77. The third kappa shape index (κ3) is 3.48. The summed E-state index contributed by atoms with van der Waals surface area (Å²) in [6.07, 6.45) is 4.06. The Kier molecular flexibility index (Phi) is 4.96. The Morgan fingerprint density at radius 3 is 2.54 bits per heavy atom. The van der Waals surface area contributed by atoms with Crippen molar-refractivity contribution in [2.45, 2.75) is 25.6 Å². The van der Waals surface area contributed by atoms with Crippen molar-refractivity contribution in [2.24, 2.45) is 5.92 Å². The van der Waals surface area contributed by atoms with Gasteiger partial charge in [-0.05, 0) is 23.3 Å². The van der Waals surface area contributed by atoms with Gasteiger partial charge in [-0.15, -0.1) is 0 Å². The highest BCUT2D eigenvalue weighted by molar-refractivity contribution is 5.57. The quantitative estimate of drug-likeness (QED) is 0.868. The van der Waals surface area contributed by atoms with Crippen LogP contribution in [0.25, 0.3) is 6.08 Å². The molecule has 2 N–H and O–H groups in total. The Bertz CT molecular complexity index is 775. The van der Waals surface area contributed by atoms with Crippen LogP contribution in [0.15, 0.2) is 54.2 Å². The van der Waals surface area contributed by atoms with Gasteiger partial charge in [0.25, 0.3) is 0 Å². The Balaban J connectivity index is 1.53. The van der Waals surface area contributed by atoms with Crippen molar-refractivity contribution in [1.29, 1.82) is 0 Å². The van der Waals surface area contributed by atoms with E-state index in [1.807, 2.05) is 48.5 Å². The van der Waals surface area contributed by atoms with Crippen LogP contribution in [0.4, 0.5) is 0 Å². The molecular weight excluding hydrogens is 326 g/mol. The SMILES string of the molecule is COc1cc(/C=C2/[C@@H](O)C3CC[NH+]2CC3)ccc1OCc1ccccc1. The number of aliphatic hydroxyl groups excluding tert-OH is 1. The van der Waals surface area contributed by atoms with Crippen LogP contribution >= 0.6 is 0 Å². The summed E-state index contributed by atoms with van der Waals surface area (Å²) in [5.74, 6) is 1.88. The molecule has 5 rings (SSSR count). The average molecular weight is 352 g/mol. The first-order valence-electron chi connectivity index (χ1n) is 9.34. The fraction of sp³-hybridized carbons (Fsp3) is 0.364. The minimum atomic E-state index is -0.312. The minimum Gasteiger partial charge on any atom is -0.493 e. The van der Waals surface area contributed by atoms with E-state index >= 15 is 0 Å². The predicted molar refractivity (Wildman–Crippen MR) is 101 cm³/mol. The van der Waals surface area contributed by atoms with Gasteiger partial charge in [-0.1, -0.05) is 36.4 Å². The summed E-state index contributed by atoms with van der Waals surface area (Å²) < 4.78 is 11.5. The molecule has 3 aliphatic rings. The van der Waals surface area contributed by atoms with Gasteiger partial charge < -0.3 is 19.5 Å². The molecule has 4 nitrogen and oxygen atoms in total. The molecular formula is C22H26NO3+. The first kappa shape index (κ1) is 17.1. The largest absolute Gasteiger partial charge is 0.493 e. The van der Waals surface area contributed by atoms with Gasteiger partial charge in [0, 0.05) is 24.8 Å². The molecule has 3 aliphatic heterocycles. The first-order chi connectivity index (χ1) is 12.7. The van der Waals surface area contributed by atoms with Crippen LogP contribution in [0.1, 0.15) is 24.0 Å². The van der Waals surface area contributed by atoms with Crippen molar-refractivity contribution < 1.29 is 19.5 Å². The lowest BCUT2D eigenvalue weighted by atomic mass is 9.83. The molecule has 0 unspecified atom stereocenters. The fourth-order valence-corrected chi connectivity index (χ4v) is 4.05. The Labute approximate surface area is 154 Å². The number of rotatable bonds is 5. The lowest BCUT2D eigenvalue weighted by molar-refractivity contribution is -0.880. The van der Waals surface area contributed by atoms with Gasteiger partial charge in [0.15, 0.2) is 11.5 Å². The van der Waals surface area contributed by atoms with Crippen LogP contribution < -0.4 is 14.4 Å². The Morgan fingerprint density at radius 1 is 1.08 bits per heavy atom. The van der Waals surface area contributed by atoms with E-state index in [2.05, 4.69) is 6.08 Å². The summed E-state index contributed by atoms with van der Waals surface area (Å²) in [5.41, 5.74) is 3.29. The number of nitrogens with one attached hydrogen (secondary N) is 1. The summed E-state index contributed by atoms with van der Waals surface area (Å²) in [7, 11) is 1.66. The zero-order valence-corrected chi connectivity index (χ0v) is 15.2. The molecule has 2 bridgehead atoms. The number of quaternary nitrogens is 1. The number of hydrogen-bond donors (Lipinski definition) is 2. The van der Waals surface area contributed by atoms with E-state index in [1.54, 1.807) is 7.11 Å². The van der Waals surface area contributed by atoms with E-state index in [0.717, 1.165) is 54.3 Å². The van der Waals surface area contributed by atoms with Gasteiger partial charge >= 0.3 is 0 Å². The van der Waals surface area contributed by atoms with Crippen molar-refractivity contribution in [2.75, 3.05) is 20.2 Å². The first-order valence-corrected chi connectivity index (χ1v) is 9.34. The second kappa shape index (κ2) is 7.52. The number of aliphatic hydroxyl groups is 1. The molecule has 0 aliphatic carbocycles. The average Bonchev–Trinajstić information content (AvgIpc) is 2.70. The standard InChI is InChI=1S/C22H25NO3/c1-25-21-14-17(13-19-22(24)18-9-11-23(19)12-10-18)7-8-20(21)26-15-16-5-3-2-4-6-16/h2-8,13-14,18,22,24H,9-12,15H2,1H3/p+1/b19-13-/t22-/m0/s1. The second-order valence-electron chi connectivity index (χ2n) is 7.17. The van der Waals surface area contributed by atoms with Gasteiger partial charge in [-0.2, -0.15) is 0 Å². The van der Waals surface area contributed by atoms with Crippen molar-refractivity contribution in [1.82, 2.24) is 0 Å². The van der Waals surface area contributed by atoms with E-state index in [9.17, 15) is 5.11 Å². The van der Waals surface area contributed by atoms with Crippen LogP contribution in [0.3, 0.4) is 0 Å². The lowest BCUT2D eigenvalue weighted by Gasteiger charge is -2.41. The summed E-state index contributed by atoms with van der Waals surface area (Å²) >= 11 is 0. The molecule has 136 valence electrons. The molecule has 0 spiro atoms. The minimum absolute atomic E-state index is 0.312. The lowest BCUT2D eigenvalue weighted by Crippen LogP contribution is -3.14. The summed E-state index contributed by atoms with van der Waals surface area (Å²) in [5, 5.41) is 10.6. The van der Waals surface area contributed by atoms with Gasteiger partial charge in [0.2, 0.25) is 0 Å². The molecule has 0 amide bonds. The normalized spacial score (nSPS) is 26.1. The number of ether oxygens (including phenoxy) is 2. The van der Waals surface area contributed by atoms with E-state index < -0.39 is 0 Å². The smallest absolute Gasteiger partial charge is 0.161 e. The molecule has 2 aromatic rings. The molecule has 4 heteroatoms. The van der Waals surface area contributed by atoms with Gasteiger partial charge in [-0.25, -0.2) is 0 Å². The maximum absolute atomic E-state index is 10.6. The van der Waals surface area contributed by atoms with Gasteiger partial charge in [0.1, 0.15) is 18.4 Å². The number of fused-ring (bicyclic) bond motifs is 3. The highest BCUT2D eigenvalue weighted by Gasteiger charge is 2.41. The molecule has 0 aromatic heterocycles. The van der Waals surface area contributed by atoms with Crippen LogP contribution in [-0.4, -0.2) is 31.4 Å². The monoisotopic (exact) mass is 352 g/mol. The van der Waals surface area contributed by atoms with Crippen molar-refractivity contribution in [3.63, 3.8) is 0 Å². The highest BCUT2D eigenvalue weighted by Crippen LogP contribution is 2.31. The molecule has 3 heterocycles. The maximum atomic E-state index is 10.6. The molecule has 1 atom stereocenters. The van der Waals surface area contributed by atoms with Crippen LogP contribution in [0, 0.1) is 5.92 Å². The van der Waals surface area contributed by atoms with Crippen LogP contribution in [-0.2, 0) is 6.61 Å². The number of piperidine rings is 3. The Hall–Kier alpha value is -2.30. The number of benzene rings is 2.